The van der Waals surface area contributed by atoms with E-state index in [-0.39, 0.29) is 11.3 Å². The molecule has 78 valence electrons. The average molecular weight is 200 g/mol. The van der Waals surface area contributed by atoms with Gasteiger partial charge in [-0.2, -0.15) is 0 Å². The minimum absolute atomic E-state index is 0.270. The van der Waals surface area contributed by atoms with Crippen molar-refractivity contribution in [2.75, 3.05) is 0 Å². The maximum Gasteiger partial charge on any atom is 0.143 e. The van der Waals surface area contributed by atoms with Gasteiger partial charge in [-0.3, -0.25) is 4.79 Å². The zero-order chi connectivity index (χ0) is 10.9. The molecule has 1 aromatic carbocycles. The van der Waals surface area contributed by atoms with Gasteiger partial charge in [0, 0.05) is 17.8 Å². The van der Waals surface area contributed by atoms with Gasteiger partial charge in [-0.1, -0.05) is 42.5 Å². The molecule has 1 aliphatic carbocycles. The largest absolute Gasteiger partial charge is 0.299 e. The number of benzene rings is 1. The first kappa shape index (κ1) is 10.2. The fourth-order valence-corrected chi connectivity index (χ4v) is 1.91. The highest BCUT2D eigenvalue weighted by molar-refractivity contribution is 5.88. The van der Waals surface area contributed by atoms with Gasteiger partial charge in [0.05, 0.1) is 0 Å². The molecule has 1 atom stereocenters. The van der Waals surface area contributed by atoms with Crippen molar-refractivity contribution in [1.82, 2.24) is 0 Å². The van der Waals surface area contributed by atoms with Gasteiger partial charge < -0.3 is 0 Å². The normalized spacial score (nSPS) is 24.1. The summed E-state index contributed by atoms with van der Waals surface area (Å²) in [6, 6.07) is 10.2. The zero-order valence-electron chi connectivity index (χ0n) is 9.23. The molecule has 0 amide bonds. The lowest BCUT2D eigenvalue weighted by Crippen LogP contribution is -2.27. The Labute approximate surface area is 90.8 Å². The van der Waals surface area contributed by atoms with Crippen molar-refractivity contribution in [2.24, 2.45) is 5.41 Å². The summed E-state index contributed by atoms with van der Waals surface area (Å²) in [6.45, 7) is 3.96. The third-order valence-electron chi connectivity index (χ3n) is 3.10. The van der Waals surface area contributed by atoms with Crippen LogP contribution in [-0.2, 0) is 4.79 Å². The van der Waals surface area contributed by atoms with E-state index in [4.69, 9.17) is 0 Å². The van der Waals surface area contributed by atoms with Crippen LogP contribution >= 0.6 is 0 Å². The van der Waals surface area contributed by atoms with Crippen LogP contribution in [0.2, 0.25) is 0 Å². The Bertz CT molecular complexity index is 387. The van der Waals surface area contributed by atoms with Crippen LogP contribution in [-0.4, -0.2) is 5.78 Å². The van der Waals surface area contributed by atoms with Crippen molar-refractivity contribution < 1.29 is 4.79 Å². The van der Waals surface area contributed by atoms with Gasteiger partial charge in [0.2, 0.25) is 0 Å². The summed E-state index contributed by atoms with van der Waals surface area (Å²) in [5.41, 5.74) is 0.961. The van der Waals surface area contributed by atoms with Crippen molar-refractivity contribution in [3.8, 4) is 0 Å². The molecule has 0 aliphatic heterocycles. The van der Waals surface area contributed by atoms with E-state index in [1.165, 1.54) is 5.56 Å². The van der Waals surface area contributed by atoms with Crippen molar-refractivity contribution in [1.29, 1.82) is 0 Å². The first-order chi connectivity index (χ1) is 7.09. The van der Waals surface area contributed by atoms with Gasteiger partial charge in [-0.05, 0) is 19.4 Å². The highest BCUT2D eigenvalue weighted by Gasteiger charge is 2.30. The highest BCUT2D eigenvalue weighted by Crippen LogP contribution is 2.34. The van der Waals surface area contributed by atoms with E-state index in [1.807, 2.05) is 38.1 Å². The van der Waals surface area contributed by atoms with E-state index in [0.717, 1.165) is 0 Å². The molecule has 1 unspecified atom stereocenters. The predicted octanol–water partition coefficient (Wildman–Crippen LogP) is 3.33. The summed E-state index contributed by atoms with van der Waals surface area (Å²) in [7, 11) is 0. The van der Waals surface area contributed by atoms with Gasteiger partial charge in [0.25, 0.3) is 0 Å². The fraction of sp³-hybridized carbons (Fsp3) is 0.357. The molecular formula is C14H16O. The van der Waals surface area contributed by atoms with Crippen molar-refractivity contribution in [2.45, 2.75) is 26.2 Å². The van der Waals surface area contributed by atoms with E-state index < -0.39 is 0 Å². The fourth-order valence-electron chi connectivity index (χ4n) is 1.91. The van der Waals surface area contributed by atoms with Crippen molar-refractivity contribution in [3.05, 3.63) is 48.0 Å². The zero-order valence-corrected chi connectivity index (χ0v) is 9.23. The van der Waals surface area contributed by atoms with Crippen molar-refractivity contribution in [3.63, 3.8) is 0 Å². The molecule has 0 saturated heterocycles. The summed E-state index contributed by atoms with van der Waals surface area (Å²) in [5.74, 6) is 0.602. The second-order valence-corrected chi connectivity index (χ2v) is 4.73. The van der Waals surface area contributed by atoms with Gasteiger partial charge in [-0.25, -0.2) is 0 Å². The number of hydrogen-bond acceptors (Lipinski definition) is 1. The molecule has 1 aromatic rings. The molecule has 0 radical (unpaired) electrons. The standard InChI is InChI=1S/C14H16O/c1-14(2)9-8-12(10-13(14)15)11-6-4-3-5-7-11/h3-9,12H,10H2,1-2H3. The lowest BCUT2D eigenvalue weighted by molar-refractivity contribution is -0.125. The number of rotatable bonds is 1. The molecule has 1 aliphatic rings. The number of carbonyl (C=O) groups is 1. The Kier molecular flexibility index (Phi) is 2.47. The quantitative estimate of drug-likeness (QED) is 0.635. The second-order valence-electron chi connectivity index (χ2n) is 4.73. The third-order valence-corrected chi connectivity index (χ3v) is 3.10. The SMILES string of the molecule is CC1(C)C=CC(c2ccccc2)CC1=O. The highest BCUT2D eigenvalue weighted by atomic mass is 16.1. The minimum atomic E-state index is -0.273. The summed E-state index contributed by atoms with van der Waals surface area (Å²) in [6.07, 6.45) is 4.83. The topological polar surface area (TPSA) is 17.1 Å². The van der Waals surface area contributed by atoms with Gasteiger partial charge in [-0.15, -0.1) is 0 Å². The van der Waals surface area contributed by atoms with Crippen molar-refractivity contribution >= 4 is 5.78 Å². The van der Waals surface area contributed by atoms with E-state index in [1.54, 1.807) is 0 Å². The number of Topliss-reactive ketones (excluding diaryl/α,β-unsaturated/α-hetero) is 1. The van der Waals surface area contributed by atoms with Crippen LogP contribution in [0, 0.1) is 5.41 Å². The van der Waals surface area contributed by atoms with E-state index in [9.17, 15) is 4.79 Å². The molecule has 0 spiro atoms. The maximum atomic E-state index is 11.8. The summed E-state index contributed by atoms with van der Waals surface area (Å²) >= 11 is 0. The second kappa shape index (κ2) is 3.65. The third kappa shape index (κ3) is 2.01. The Hall–Kier alpha value is -1.37. The van der Waals surface area contributed by atoms with Crippen LogP contribution < -0.4 is 0 Å². The lowest BCUT2D eigenvalue weighted by atomic mass is 9.76. The van der Waals surface area contributed by atoms with Crippen LogP contribution in [0.4, 0.5) is 0 Å². The number of ketones is 1. The molecule has 15 heavy (non-hydrogen) atoms. The molecule has 0 heterocycles. The van der Waals surface area contributed by atoms with Crippen LogP contribution in [0.5, 0.6) is 0 Å². The molecule has 0 fully saturated rings. The smallest absolute Gasteiger partial charge is 0.143 e. The molecule has 0 N–H and O–H groups in total. The van der Waals surface area contributed by atoms with Crippen LogP contribution in [0.3, 0.4) is 0 Å². The van der Waals surface area contributed by atoms with Crippen LogP contribution in [0.25, 0.3) is 0 Å². The predicted molar refractivity (Wildman–Crippen MR) is 61.7 cm³/mol. The Morgan fingerprint density at radius 1 is 1.20 bits per heavy atom. The van der Waals surface area contributed by atoms with Gasteiger partial charge in [0.1, 0.15) is 5.78 Å². The Balaban J connectivity index is 2.26. The summed E-state index contributed by atoms with van der Waals surface area (Å²) in [4.78, 5) is 11.8. The number of hydrogen-bond donors (Lipinski definition) is 0. The van der Waals surface area contributed by atoms with E-state index in [2.05, 4.69) is 18.2 Å². The van der Waals surface area contributed by atoms with E-state index in [0.29, 0.717) is 12.2 Å². The lowest BCUT2D eigenvalue weighted by Gasteiger charge is -2.27. The van der Waals surface area contributed by atoms with Gasteiger partial charge in [0.15, 0.2) is 0 Å². The summed E-state index contributed by atoms with van der Waals surface area (Å²) in [5, 5.41) is 0. The molecule has 0 bridgehead atoms. The monoisotopic (exact) mass is 200 g/mol. The average Bonchev–Trinajstić information content (AvgIpc) is 2.23. The molecule has 0 aromatic heterocycles. The molecule has 1 nitrogen and oxygen atoms in total. The molecule has 0 saturated carbocycles. The van der Waals surface area contributed by atoms with Crippen LogP contribution in [0.1, 0.15) is 31.7 Å². The Morgan fingerprint density at radius 3 is 2.47 bits per heavy atom. The van der Waals surface area contributed by atoms with Gasteiger partial charge >= 0.3 is 0 Å². The minimum Gasteiger partial charge on any atom is -0.299 e. The first-order valence-corrected chi connectivity index (χ1v) is 5.37. The molecule has 2 rings (SSSR count). The number of allylic oxidation sites excluding steroid dienone is 2. The van der Waals surface area contributed by atoms with Crippen LogP contribution in [0.15, 0.2) is 42.5 Å². The first-order valence-electron chi connectivity index (χ1n) is 5.37. The summed E-state index contributed by atoms with van der Waals surface area (Å²) < 4.78 is 0. The molecular weight excluding hydrogens is 184 g/mol. The van der Waals surface area contributed by atoms with E-state index >= 15 is 0 Å². The number of carbonyl (C=O) groups excluding carboxylic acids is 1. The maximum absolute atomic E-state index is 11.8. The Morgan fingerprint density at radius 2 is 1.87 bits per heavy atom. The molecule has 1 heteroatoms.